The number of hydrogen-bond acceptors (Lipinski definition) is 5. The Hall–Kier alpha value is -0.555. The molecular weight excluding hydrogens is 283 g/mol. The summed E-state index contributed by atoms with van der Waals surface area (Å²) in [6.45, 7) is -10.6. The van der Waals surface area contributed by atoms with Crippen LogP contribution in [-0.2, 0) is 9.31 Å². The molecule has 2 saturated heterocycles. The van der Waals surface area contributed by atoms with Crippen LogP contribution in [0.2, 0.25) is 0 Å². The Morgan fingerprint density at radius 2 is 1.81 bits per heavy atom. The van der Waals surface area contributed by atoms with Crippen molar-refractivity contribution in [3.8, 4) is 0 Å². The summed E-state index contributed by atoms with van der Waals surface area (Å²) in [6.07, 6.45) is 0. The van der Waals surface area contributed by atoms with Crippen molar-refractivity contribution in [2.45, 2.75) is 38.9 Å². The summed E-state index contributed by atoms with van der Waals surface area (Å²) < 4.78 is 118. The van der Waals surface area contributed by atoms with Crippen LogP contribution in [-0.4, -0.2) is 56.2 Å². The molecule has 0 aliphatic carbocycles. The van der Waals surface area contributed by atoms with Crippen LogP contribution in [0.4, 0.5) is 5.00 Å². The number of anilines is 1. The predicted molar refractivity (Wildman–Crippen MR) is 89.7 cm³/mol. The van der Waals surface area contributed by atoms with E-state index in [0.29, 0.717) is 11.3 Å². The summed E-state index contributed by atoms with van der Waals surface area (Å²) in [5, 5.41) is -0.595. The Kier molecular flexibility index (Phi) is 1.54. The second-order valence-electron chi connectivity index (χ2n) is 5.73. The monoisotopic (exact) mass is 321 g/mol. The molecular formula is C15H25BN2O2S. The third-order valence-corrected chi connectivity index (χ3v) is 4.71. The van der Waals surface area contributed by atoms with Gasteiger partial charge in [0.2, 0.25) is 0 Å². The molecule has 3 rings (SSSR count). The normalized spacial score (nSPS) is 44.9. The van der Waals surface area contributed by atoms with E-state index in [1.54, 1.807) is 27.7 Å². The molecule has 116 valence electrons. The highest BCUT2D eigenvalue weighted by Crippen LogP contribution is 2.37. The van der Waals surface area contributed by atoms with Crippen LogP contribution in [0.25, 0.3) is 0 Å². The molecule has 4 nitrogen and oxygen atoms in total. The van der Waals surface area contributed by atoms with Crippen molar-refractivity contribution in [3.05, 3.63) is 12.1 Å². The van der Waals surface area contributed by atoms with Crippen molar-refractivity contribution >= 4 is 28.2 Å². The maximum Gasteiger partial charge on any atom is 0.505 e. The SMILES string of the molecule is [2H]c1c(B2OC(C)(C)C(C)(C)O2)sc(N2C([2H])([2H])C([2H])([2H])N(C([2H])([2H])[2H])C([2H])([2H])C2([2H])[2H])c1[2H]. The van der Waals surface area contributed by atoms with Crippen molar-refractivity contribution in [3.63, 3.8) is 0 Å². The van der Waals surface area contributed by atoms with Crippen LogP contribution < -0.4 is 9.68 Å². The summed E-state index contributed by atoms with van der Waals surface area (Å²) in [4.78, 5) is -0.348. The second kappa shape index (κ2) is 5.27. The Balaban J connectivity index is 2.22. The first kappa shape index (κ1) is 6.15. The van der Waals surface area contributed by atoms with Gasteiger partial charge in [0.15, 0.2) is 0 Å². The number of likely N-dealkylation sites (N-methyl/N-ethyl adjacent to an activating group) is 1. The van der Waals surface area contributed by atoms with Gasteiger partial charge in [-0.2, -0.15) is 0 Å². The van der Waals surface area contributed by atoms with Gasteiger partial charge >= 0.3 is 7.12 Å². The van der Waals surface area contributed by atoms with Crippen molar-refractivity contribution in [2.24, 2.45) is 0 Å². The highest BCUT2D eigenvalue weighted by molar-refractivity contribution is 7.25. The van der Waals surface area contributed by atoms with Crippen LogP contribution >= 0.6 is 11.3 Å². The summed E-state index contributed by atoms with van der Waals surface area (Å²) in [7, 11) is -1.16. The average molecular weight is 321 g/mol. The standard InChI is InChI=1S/C15H25BN2O2S/c1-14(2)15(3,4)20-16(19-14)12-6-7-13(21-12)18-10-8-17(5)9-11-18/h6-7H,8-11H2,1-5H3/i5D3,6D,7D,8D2,9D2,10D2,11D2. The first-order valence-corrected chi connectivity index (χ1v) is 7.23. The van der Waals surface area contributed by atoms with Gasteiger partial charge in [-0.25, -0.2) is 0 Å². The summed E-state index contributed by atoms with van der Waals surface area (Å²) in [5.74, 6) is 0. The minimum atomic E-state index is -3.57. The zero-order valence-corrected chi connectivity index (χ0v) is 13.0. The molecule has 3 heterocycles. The third kappa shape index (κ3) is 2.87. The van der Waals surface area contributed by atoms with Crippen molar-refractivity contribution < 1.29 is 27.1 Å². The smallest absolute Gasteiger partial charge is 0.399 e. The van der Waals surface area contributed by atoms with E-state index in [1.807, 2.05) is 0 Å². The molecule has 0 amide bonds. The van der Waals surface area contributed by atoms with Crippen LogP contribution in [0.1, 0.15) is 45.5 Å². The van der Waals surface area contributed by atoms with Crippen molar-refractivity contribution in [1.82, 2.24) is 4.90 Å². The molecule has 0 saturated carbocycles. The van der Waals surface area contributed by atoms with Gasteiger partial charge in [0.1, 0.15) is 0 Å². The fourth-order valence-electron chi connectivity index (χ4n) is 1.79. The van der Waals surface area contributed by atoms with E-state index in [4.69, 9.17) is 27.1 Å². The van der Waals surface area contributed by atoms with Crippen LogP contribution in [0.3, 0.4) is 0 Å². The molecule has 21 heavy (non-hydrogen) atoms. The van der Waals surface area contributed by atoms with Gasteiger partial charge in [-0.15, -0.1) is 11.3 Å². The van der Waals surface area contributed by atoms with Gasteiger partial charge in [-0.05, 0) is 46.8 Å². The molecule has 2 fully saturated rings. The molecule has 2 aliphatic rings. The van der Waals surface area contributed by atoms with Gasteiger partial charge in [-0.3, -0.25) is 0 Å². The van der Waals surface area contributed by atoms with E-state index < -0.39 is 73.3 Å². The topological polar surface area (TPSA) is 24.9 Å². The molecule has 0 radical (unpaired) electrons. The molecule has 0 bridgehead atoms. The van der Waals surface area contributed by atoms with Gasteiger partial charge < -0.3 is 19.1 Å². The molecule has 1 aromatic rings. The van der Waals surface area contributed by atoms with E-state index in [2.05, 4.69) is 0 Å². The molecule has 0 spiro atoms. The van der Waals surface area contributed by atoms with E-state index >= 15 is 0 Å². The van der Waals surface area contributed by atoms with E-state index in [-0.39, 0.29) is 9.68 Å². The fourth-order valence-corrected chi connectivity index (χ4v) is 2.57. The maximum absolute atomic E-state index is 8.40. The van der Waals surface area contributed by atoms with E-state index in [0.717, 1.165) is 0 Å². The molecule has 0 unspecified atom stereocenters. The van der Waals surface area contributed by atoms with Crippen LogP contribution in [0.15, 0.2) is 12.1 Å². The first-order chi connectivity index (χ1) is 14.9. The molecule has 6 heteroatoms. The lowest BCUT2D eigenvalue weighted by Crippen LogP contribution is -2.44. The zero-order valence-electron chi connectivity index (χ0n) is 25.2. The second-order valence-corrected chi connectivity index (χ2v) is 6.76. The highest BCUT2D eigenvalue weighted by Gasteiger charge is 2.52. The van der Waals surface area contributed by atoms with Gasteiger partial charge in [0, 0.05) is 40.4 Å². The van der Waals surface area contributed by atoms with Crippen LogP contribution in [0.5, 0.6) is 0 Å². The van der Waals surface area contributed by atoms with Crippen molar-refractivity contribution in [1.29, 1.82) is 0 Å². The van der Waals surface area contributed by atoms with Crippen molar-refractivity contribution in [2.75, 3.05) is 37.9 Å². The van der Waals surface area contributed by atoms with E-state index in [1.165, 1.54) is 0 Å². The Morgan fingerprint density at radius 3 is 2.38 bits per heavy atom. The zero-order chi connectivity index (χ0) is 26.7. The Morgan fingerprint density at radius 1 is 1.19 bits per heavy atom. The molecule has 0 N–H and O–H groups in total. The number of piperazine rings is 1. The lowest BCUT2D eigenvalue weighted by molar-refractivity contribution is 0.00578. The fraction of sp³-hybridized carbons (Fsp3) is 0.733. The number of rotatable bonds is 2. The quantitative estimate of drug-likeness (QED) is 0.776. The van der Waals surface area contributed by atoms with Gasteiger partial charge in [-0.1, -0.05) is 0 Å². The molecule has 0 aromatic carbocycles. The highest BCUT2D eigenvalue weighted by atomic mass is 32.1. The Labute approximate surface area is 150 Å². The minimum absolute atomic E-state index is 0.00961. The molecule has 0 atom stereocenters. The number of nitrogens with zero attached hydrogens (tertiary/aromatic N) is 2. The largest absolute Gasteiger partial charge is 0.505 e. The lowest BCUT2D eigenvalue weighted by atomic mass is 9.88. The minimum Gasteiger partial charge on any atom is -0.399 e. The summed E-state index contributed by atoms with van der Waals surface area (Å²) in [6, 6.07) is -1.18. The lowest BCUT2D eigenvalue weighted by Gasteiger charge is -2.32. The van der Waals surface area contributed by atoms with Gasteiger partial charge in [0.05, 0.1) is 24.4 Å². The van der Waals surface area contributed by atoms with Crippen LogP contribution in [0, 0.1) is 0 Å². The third-order valence-electron chi connectivity index (χ3n) is 3.72. The summed E-state index contributed by atoms with van der Waals surface area (Å²) in [5.41, 5.74) is -1.64. The molecule has 1 aromatic heterocycles. The van der Waals surface area contributed by atoms with E-state index in [9.17, 15) is 0 Å². The molecule has 2 aliphatic heterocycles. The maximum atomic E-state index is 8.40. The number of thiophene rings is 1. The number of hydrogen-bond donors (Lipinski definition) is 0. The predicted octanol–water partition coefficient (Wildman–Crippen LogP) is 1.80. The first-order valence-electron chi connectivity index (χ1n) is 12.9. The summed E-state index contributed by atoms with van der Waals surface area (Å²) >= 11 is 0.535. The average Bonchev–Trinajstić information content (AvgIpc) is 2.97. The Bertz CT molecular complexity index is 950. The van der Waals surface area contributed by atoms with Gasteiger partial charge in [0.25, 0.3) is 0 Å².